The highest BCUT2D eigenvalue weighted by atomic mass is 16.5. The summed E-state index contributed by atoms with van der Waals surface area (Å²) in [6.07, 6.45) is 3.95. The van der Waals surface area contributed by atoms with E-state index in [0.717, 1.165) is 33.8 Å². The van der Waals surface area contributed by atoms with Crippen molar-refractivity contribution in [1.29, 1.82) is 0 Å². The Morgan fingerprint density at radius 2 is 1.68 bits per heavy atom. The molecule has 9 heteroatoms. The van der Waals surface area contributed by atoms with Crippen LogP contribution in [-0.2, 0) is 35.9 Å². The molecular weight excluding hydrogens is 508 g/mol. The Labute approximate surface area is 233 Å². The number of benzene rings is 3. The van der Waals surface area contributed by atoms with Crippen molar-refractivity contribution in [3.63, 3.8) is 0 Å². The summed E-state index contributed by atoms with van der Waals surface area (Å²) in [4.78, 5) is 11.1. The van der Waals surface area contributed by atoms with Gasteiger partial charge in [0.25, 0.3) is 0 Å². The third-order valence-corrected chi connectivity index (χ3v) is 6.61. The third kappa shape index (κ3) is 7.56. The largest absolute Gasteiger partial charge is 0.489 e. The molecule has 5 rings (SSSR count). The topological polar surface area (TPSA) is 108 Å². The zero-order valence-electron chi connectivity index (χ0n) is 22.1. The molecule has 206 valence electrons. The number of aromatic nitrogens is 3. The van der Waals surface area contributed by atoms with E-state index in [9.17, 15) is 4.79 Å². The Morgan fingerprint density at radius 1 is 0.975 bits per heavy atom. The molecule has 2 heterocycles. The smallest absolute Gasteiger partial charge is 0.320 e. The minimum absolute atomic E-state index is 0.151. The van der Waals surface area contributed by atoms with Gasteiger partial charge in [0.05, 0.1) is 25.5 Å². The molecular formula is C31H32N4O5. The molecule has 9 nitrogen and oxygen atoms in total. The second-order valence-corrected chi connectivity index (χ2v) is 9.69. The van der Waals surface area contributed by atoms with Gasteiger partial charge in [-0.05, 0) is 46.5 Å². The molecule has 1 saturated heterocycles. The number of nitrogens with zero attached hydrogens (tertiary/aromatic N) is 3. The number of nitrogens with one attached hydrogen (secondary N) is 1. The van der Waals surface area contributed by atoms with E-state index < -0.39 is 12.0 Å². The molecule has 2 N–H and O–H groups in total. The molecule has 0 unspecified atom stereocenters. The molecule has 1 aliphatic rings. The fourth-order valence-corrected chi connectivity index (χ4v) is 4.43. The zero-order chi connectivity index (χ0) is 27.7. The van der Waals surface area contributed by atoms with Crippen molar-refractivity contribution < 1.29 is 24.1 Å². The molecule has 0 aliphatic carbocycles. The molecule has 0 saturated carbocycles. The number of carbonyl (C=O) groups is 1. The van der Waals surface area contributed by atoms with Crippen molar-refractivity contribution in [2.45, 2.75) is 44.9 Å². The Bertz CT molecular complexity index is 1440. The van der Waals surface area contributed by atoms with Crippen LogP contribution < -0.4 is 14.8 Å². The van der Waals surface area contributed by atoms with Crippen molar-refractivity contribution in [2.75, 3.05) is 6.54 Å². The highest BCUT2D eigenvalue weighted by Crippen LogP contribution is 2.20. The summed E-state index contributed by atoms with van der Waals surface area (Å²) in [5, 5.41) is 20.4. The molecule has 1 aromatic heterocycles. The Balaban J connectivity index is 1.09. The molecule has 0 amide bonds. The first kappa shape index (κ1) is 27.1. The molecule has 1 aliphatic heterocycles. The van der Waals surface area contributed by atoms with E-state index in [-0.39, 0.29) is 12.7 Å². The Hall–Kier alpha value is -4.47. The molecule has 2 atom stereocenters. The Morgan fingerprint density at radius 3 is 2.38 bits per heavy atom. The lowest BCUT2D eigenvalue weighted by atomic mass is 10.1. The maximum atomic E-state index is 11.1. The summed E-state index contributed by atoms with van der Waals surface area (Å²) in [5.74, 6) is 0.698. The molecule has 0 bridgehead atoms. The molecule has 0 radical (unpaired) electrons. The van der Waals surface area contributed by atoms with Gasteiger partial charge in [0.2, 0.25) is 0 Å². The van der Waals surface area contributed by atoms with Crippen LogP contribution in [0.4, 0.5) is 0 Å². The van der Waals surface area contributed by atoms with Crippen molar-refractivity contribution >= 4 is 12.0 Å². The number of hydrogen-bond donors (Lipinski definition) is 2. The number of rotatable bonds is 13. The summed E-state index contributed by atoms with van der Waals surface area (Å²) in [5.41, 5.74) is 4.91. The highest BCUT2D eigenvalue weighted by molar-refractivity contribution is 5.73. The third-order valence-electron chi connectivity index (χ3n) is 6.61. The summed E-state index contributed by atoms with van der Waals surface area (Å²) in [7, 11) is 0. The van der Waals surface area contributed by atoms with E-state index in [0.29, 0.717) is 38.4 Å². The second kappa shape index (κ2) is 13.1. The average Bonchev–Trinajstić information content (AvgIpc) is 3.64. The Kier molecular flexibility index (Phi) is 8.85. The van der Waals surface area contributed by atoms with Gasteiger partial charge in [0, 0.05) is 13.0 Å². The maximum Gasteiger partial charge on any atom is 0.320 e. The number of carboxylic acid groups (broad SMARTS) is 1. The van der Waals surface area contributed by atoms with Gasteiger partial charge in [-0.3, -0.25) is 4.79 Å². The van der Waals surface area contributed by atoms with Gasteiger partial charge in [-0.2, -0.15) is 0 Å². The number of carboxylic acids is 1. The van der Waals surface area contributed by atoms with Crippen LogP contribution in [0.15, 0.2) is 85.6 Å². The van der Waals surface area contributed by atoms with Crippen LogP contribution in [0.1, 0.15) is 34.4 Å². The maximum absolute atomic E-state index is 11.1. The summed E-state index contributed by atoms with van der Waals surface area (Å²) in [6.45, 7) is 6.02. The number of aliphatic carboxylic acids is 1. The summed E-state index contributed by atoms with van der Waals surface area (Å²) < 4.78 is 19.6. The molecule has 1 fully saturated rings. The van der Waals surface area contributed by atoms with Gasteiger partial charge < -0.3 is 24.6 Å². The second-order valence-electron chi connectivity index (χ2n) is 9.69. The van der Waals surface area contributed by atoms with E-state index in [1.54, 1.807) is 4.68 Å². The van der Waals surface area contributed by atoms with E-state index in [1.807, 2.05) is 85.1 Å². The lowest BCUT2D eigenvalue weighted by Gasteiger charge is -2.11. The van der Waals surface area contributed by atoms with Gasteiger partial charge in [0.1, 0.15) is 36.4 Å². The first-order valence-corrected chi connectivity index (χ1v) is 13.2. The van der Waals surface area contributed by atoms with Crippen molar-refractivity contribution in [3.05, 3.63) is 114 Å². The van der Waals surface area contributed by atoms with Crippen molar-refractivity contribution in [2.24, 2.45) is 0 Å². The standard InChI is InChI=1S/C31H32N4O5/c1-2-22-9-11-23(12-10-22)19-38-28-8-4-6-25(14-28)20-39-27-7-3-5-24(13-27)17-35-18-26(33-34-35)21-40-29-15-30(31(36)37)32-16-29/h2-14,18,29-30,32H,1,15-17,19-21H2,(H,36,37)/t29-,30+/m1/s1. The highest BCUT2D eigenvalue weighted by Gasteiger charge is 2.29. The van der Waals surface area contributed by atoms with E-state index >= 15 is 0 Å². The van der Waals surface area contributed by atoms with Crippen molar-refractivity contribution in [3.8, 4) is 11.5 Å². The van der Waals surface area contributed by atoms with Gasteiger partial charge in [-0.25, -0.2) is 4.68 Å². The average molecular weight is 541 g/mol. The van der Waals surface area contributed by atoms with Crippen LogP contribution in [0.2, 0.25) is 0 Å². The van der Waals surface area contributed by atoms with Gasteiger partial charge in [0.15, 0.2) is 0 Å². The van der Waals surface area contributed by atoms with E-state index in [2.05, 4.69) is 22.2 Å². The lowest BCUT2D eigenvalue weighted by Crippen LogP contribution is -2.29. The molecule has 4 aromatic rings. The van der Waals surface area contributed by atoms with Crippen LogP contribution in [-0.4, -0.2) is 44.8 Å². The molecule has 40 heavy (non-hydrogen) atoms. The van der Waals surface area contributed by atoms with Crippen LogP contribution in [0, 0.1) is 0 Å². The predicted octanol–water partition coefficient (Wildman–Crippen LogP) is 4.46. The summed E-state index contributed by atoms with van der Waals surface area (Å²) in [6, 6.07) is 23.4. The first-order chi connectivity index (χ1) is 19.5. The minimum atomic E-state index is -0.854. The normalized spacial score (nSPS) is 16.5. The van der Waals surface area contributed by atoms with Crippen LogP contribution in [0.25, 0.3) is 6.08 Å². The number of ether oxygens (including phenoxy) is 3. The number of hydrogen-bond acceptors (Lipinski definition) is 7. The molecule has 3 aromatic carbocycles. The lowest BCUT2D eigenvalue weighted by molar-refractivity contribution is -0.139. The van der Waals surface area contributed by atoms with Crippen LogP contribution >= 0.6 is 0 Å². The zero-order valence-corrected chi connectivity index (χ0v) is 22.1. The monoisotopic (exact) mass is 540 g/mol. The fraction of sp³-hybridized carbons (Fsp3) is 0.258. The van der Waals surface area contributed by atoms with Gasteiger partial charge >= 0.3 is 5.97 Å². The predicted molar refractivity (Wildman–Crippen MR) is 150 cm³/mol. The van der Waals surface area contributed by atoms with E-state index in [1.165, 1.54) is 0 Å². The minimum Gasteiger partial charge on any atom is -0.489 e. The van der Waals surface area contributed by atoms with E-state index in [4.69, 9.17) is 19.3 Å². The molecule has 0 spiro atoms. The van der Waals surface area contributed by atoms with Gasteiger partial charge in [-0.1, -0.05) is 66.4 Å². The fourth-order valence-electron chi connectivity index (χ4n) is 4.43. The van der Waals surface area contributed by atoms with Crippen LogP contribution in [0.5, 0.6) is 11.5 Å². The SMILES string of the molecule is C=Cc1ccc(COc2cccc(COc3cccc(Cn4cc(CO[C@H]5CN[C@H](C(=O)O)C5)nn4)c3)c2)cc1. The summed E-state index contributed by atoms with van der Waals surface area (Å²) >= 11 is 0. The first-order valence-electron chi connectivity index (χ1n) is 13.2. The van der Waals surface area contributed by atoms with Gasteiger partial charge in [-0.15, -0.1) is 5.10 Å². The van der Waals surface area contributed by atoms with Crippen LogP contribution in [0.3, 0.4) is 0 Å². The van der Waals surface area contributed by atoms with Crippen molar-refractivity contribution in [1.82, 2.24) is 20.3 Å². The quantitative estimate of drug-likeness (QED) is 0.256.